The molecule has 22 heavy (non-hydrogen) atoms. The van der Waals surface area contributed by atoms with Gasteiger partial charge in [0.25, 0.3) is 0 Å². The molecule has 0 atom stereocenters. The molecule has 0 saturated carbocycles. The number of nitrogens with zero attached hydrogens (tertiary/aromatic N) is 3. The van der Waals surface area contributed by atoms with Crippen LogP contribution in [-0.4, -0.2) is 34.9 Å². The Bertz CT molecular complexity index is 966. The zero-order chi connectivity index (χ0) is 15.1. The number of benzene rings is 2. The van der Waals surface area contributed by atoms with Crippen LogP contribution in [0.5, 0.6) is 0 Å². The van der Waals surface area contributed by atoms with Crippen LogP contribution in [0.2, 0.25) is 0 Å². The van der Waals surface area contributed by atoms with Crippen LogP contribution in [0.1, 0.15) is 5.82 Å². The second-order valence-electron chi connectivity index (χ2n) is 6.02. The van der Waals surface area contributed by atoms with Gasteiger partial charge in [-0.25, -0.2) is 4.98 Å². The standard InChI is InChI=1S/C19H19N3/c1-21(2)12-11-19-20-16-9-5-4-8-15(16)18-13-14-7-3-6-10-17(14)22(18)19/h3-10,13H,11-12H2,1-2H3. The van der Waals surface area contributed by atoms with Crippen LogP contribution in [0.4, 0.5) is 0 Å². The van der Waals surface area contributed by atoms with Crippen molar-refractivity contribution in [1.29, 1.82) is 0 Å². The van der Waals surface area contributed by atoms with E-state index in [4.69, 9.17) is 4.98 Å². The Morgan fingerprint density at radius 3 is 2.59 bits per heavy atom. The summed E-state index contributed by atoms with van der Waals surface area (Å²) in [6.45, 7) is 0.993. The van der Waals surface area contributed by atoms with E-state index in [1.165, 1.54) is 21.8 Å². The van der Waals surface area contributed by atoms with E-state index in [0.717, 1.165) is 24.3 Å². The Morgan fingerprint density at radius 2 is 1.73 bits per heavy atom. The normalized spacial score (nSPS) is 12.0. The molecule has 0 N–H and O–H groups in total. The highest BCUT2D eigenvalue weighted by molar-refractivity contribution is 6.00. The van der Waals surface area contributed by atoms with Crippen molar-refractivity contribution in [3.63, 3.8) is 0 Å². The SMILES string of the molecule is CN(C)CCc1nc2ccccc2c2cc3ccccc3n12. The van der Waals surface area contributed by atoms with Crippen molar-refractivity contribution in [3.8, 4) is 0 Å². The lowest BCUT2D eigenvalue weighted by Gasteiger charge is -2.13. The first-order valence-electron chi connectivity index (χ1n) is 7.66. The van der Waals surface area contributed by atoms with Gasteiger partial charge in [-0.05, 0) is 32.3 Å². The molecule has 0 bridgehead atoms. The summed E-state index contributed by atoms with van der Waals surface area (Å²) in [4.78, 5) is 7.14. The minimum atomic E-state index is 0.938. The molecule has 0 fully saturated rings. The van der Waals surface area contributed by atoms with Crippen molar-refractivity contribution in [2.75, 3.05) is 20.6 Å². The highest BCUT2D eigenvalue weighted by Gasteiger charge is 2.11. The first-order valence-corrected chi connectivity index (χ1v) is 7.66. The second-order valence-corrected chi connectivity index (χ2v) is 6.02. The summed E-state index contributed by atoms with van der Waals surface area (Å²) in [5, 5.41) is 2.49. The quantitative estimate of drug-likeness (QED) is 0.572. The van der Waals surface area contributed by atoms with Gasteiger partial charge in [-0.15, -0.1) is 0 Å². The van der Waals surface area contributed by atoms with Crippen LogP contribution in [0, 0.1) is 0 Å². The van der Waals surface area contributed by atoms with Gasteiger partial charge in [-0.3, -0.25) is 4.40 Å². The summed E-state index contributed by atoms with van der Waals surface area (Å²) in [5.41, 5.74) is 3.57. The van der Waals surface area contributed by atoms with E-state index in [-0.39, 0.29) is 0 Å². The van der Waals surface area contributed by atoms with Gasteiger partial charge in [0, 0.05) is 23.7 Å². The van der Waals surface area contributed by atoms with Crippen LogP contribution in [0.15, 0.2) is 54.6 Å². The fraction of sp³-hybridized carbons (Fsp3) is 0.211. The third-order valence-electron chi connectivity index (χ3n) is 4.18. The van der Waals surface area contributed by atoms with Crippen molar-refractivity contribution >= 4 is 27.3 Å². The number of hydrogen-bond donors (Lipinski definition) is 0. The summed E-state index contributed by atoms with van der Waals surface area (Å²) in [6, 6.07) is 19.2. The van der Waals surface area contributed by atoms with E-state index in [1.54, 1.807) is 0 Å². The van der Waals surface area contributed by atoms with E-state index in [1.807, 2.05) is 0 Å². The van der Waals surface area contributed by atoms with Crippen LogP contribution < -0.4 is 0 Å². The first kappa shape index (κ1) is 13.3. The van der Waals surface area contributed by atoms with Gasteiger partial charge in [-0.2, -0.15) is 0 Å². The molecule has 0 unspecified atom stereocenters. The van der Waals surface area contributed by atoms with E-state index in [0.29, 0.717) is 0 Å². The Kier molecular flexibility index (Phi) is 3.09. The van der Waals surface area contributed by atoms with Gasteiger partial charge < -0.3 is 4.90 Å². The first-order chi connectivity index (χ1) is 10.7. The topological polar surface area (TPSA) is 20.5 Å². The summed E-state index contributed by atoms with van der Waals surface area (Å²) in [5.74, 6) is 1.13. The van der Waals surface area contributed by atoms with Gasteiger partial charge in [0.1, 0.15) is 5.82 Å². The summed E-state index contributed by atoms with van der Waals surface area (Å²) in [6.07, 6.45) is 0.938. The molecule has 2 heterocycles. The third kappa shape index (κ3) is 2.06. The van der Waals surface area contributed by atoms with Crippen molar-refractivity contribution in [2.24, 2.45) is 0 Å². The number of aromatic nitrogens is 2. The monoisotopic (exact) mass is 289 g/mol. The average Bonchev–Trinajstić information content (AvgIpc) is 2.92. The molecular formula is C19H19N3. The number of likely N-dealkylation sites (N-methyl/N-ethyl adjacent to an activating group) is 1. The number of fused-ring (bicyclic) bond motifs is 5. The van der Waals surface area contributed by atoms with Crippen molar-refractivity contribution < 1.29 is 0 Å². The van der Waals surface area contributed by atoms with Crippen LogP contribution in [-0.2, 0) is 6.42 Å². The third-order valence-corrected chi connectivity index (χ3v) is 4.18. The Hall–Kier alpha value is -2.39. The molecule has 0 spiro atoms. The van der Waals surface area contributed by atoms with Crippen molar-refractivity contribution in [2.45, 2.75) is 6.42 Å². The highest BCUT2D eigenvalue weighted by Crippen LogP contribution is 2.27. The maximum absolute atomic E-state index is 4.93. The van der Waals surface area contributed by atoms with E-state index in [2.05, 4.69) is 78.0 Å². The highest BCUT2D eigenvalue weighted by atomic mass is 15.1. The van der Waals surface area contributed by atoms with Crippen molar-refractivity contribution in [3.05, 3.63) is 60.4 Å². The Balaban J connectivity index is 2.09. The zero-order valence-corrected chi connectivity index (χ0v) is 13.0. The maximum atomic E-state index is 4.93. The lowest BCUT2D eigenvalue weighted by molar-refractivity contribution is 0.409. The molecule has 0 aliphatic heterocycles. The molecule has 0 saturated heterocycles. The lowest BCUT2D eigenvalue weighted by Crippen LogP contribution is -2.17. The molecule has 2 aromatic carbocycles. The molecule has 2 aromatic heterocycles. The fourth-order valence-electron chi connectivity index (χ4n) is 3.10. The van der Waals surface area contributed by atoms with Gasteiger partial charge in [0.2, 0.25) is 0 Å². The second kappa shape index (κ2) is 5.11. The smallest absolute Gasteiger partial charge is 0.115 e. The molecule has 4 aromatic rings. The number of hydrogen-bond acceptors (Lipinski definition) is 2. The van der Waals surface area contributed by atoms with Gasteiger partial charge in [-0.1, -0.05) is 36.4 Å². The fourth-order valence-corrected chi connectivity index (χ4v) is 3.10. The summed E-state index contributed by atoms with van der Waals surface area (Å²) >= 11 is 0. The summed E-state index contributed by atoms with van der Waals surface area (Å²) < 4.78 is 2.32. The molecule has 3 heteroatoms. The molecule has 0 amide bonds. The van der Waals surface area contributed by atoms with E-state index >= 15 is 0 Å². The minimum Gasteiger partial charge on any atom is -0.309 e. The number of rotatable bonds is 3. The predicted octanol–water partition coefficient (Wildman–Crippen LogP) is 3.74. The number of para-hydroxylation sites is 2. The Labute approximate surface area is 129 Å². The van der Waals surface area contributed by atoms with E-state index in [9.17, 15) is 0 Å². The van der Waals surface area contributed by atoms with Gasteiger partial charge in [0.15, 0.2) is 0 Å². The molecular weight excluding hydrogens is 270 g/mol. The maximum Gasteiger partial charge on any atom is 0.115 e. The lowest BCUT2D eigenvalue weighted by atomic mass is 10.2. The molecule has 4 rings (SSSR count). The zero-order valence-electron chi connectivity index (χ0n) is 13.0. The Morgan fingerprint density at radius 1 is 0.955 bits per heavy atom. The molecule has 0 aliphatic rings. The average molecular weight is 289 g/mol. The molecule has 110 valence electrons. The predicted molar refractivity (Wildman–Crippen MR) is 92.5 cm³/mol. The van der Waals surface area contributed by atoms with E-state index < -0.39 is 0 Å². The molecule has 3 nitrogen and oxygen atoms in total. The minimum absolute atomic E-state index is 0.938. The molecule has 0 aliphatic carbocycles. The summed E-state index contributed by atoms with van der Waals surface area (Å²) in [7, 11) is 4.21. The van der Waals surface area contributed by atoms with Gasteiger partial charge >= 0.3 is 0 Å². The molecule has 0 radical (unpaired) electrons. The largest absolute Gasteiger partial charge is 0.309 e. The van der Waals surface area contributed by atoms with Crippen LogP contribution in [0.25, 0.3) is 27.3 Å². The van der Waals surface area contributed by atoms with Crippen molar-refractivity contribution in [1.82, 2.24) is 14.3 Å². The van der Waals surface area contributed by atoms with Crippen LogP contribution >= 0.6 is 0 Å². The van der Waals surface area contributed by atoms with Gasteiger partial charge in [0.05, 0.1) is 16.6 Å². The van der Waals surface area contributed by atoms with Crippen LogP contribution in [0.3, 0.4) is 0 Å².